The van der Waals surface area contributed by atoms with Gasteiger partial charge in [0.25, 0.3) is 0 Å². The third-order valence-electron chi connectivity index (χ3n) is 2.40. The van der Waals surface area contributed by atoms with E-state index >= 15 is 0 Å². The molecule has 0 bridgehead atoms. The molecular formula is C12H13BrN2OS2. The predicted octanol–water partition coefficient (Wildman–Crippen LogP) is 4.07. The fourth-order valence-corrected chi connectivity index (χ4v) is 3.68. The molecule has 0 saturated heterocycles. The monoisotopic (exact) mass is 344 g/mol. The first-order chi connectivity index (χ1) is 8.60. The van der Waals surface area contributed by atoms with E-state index in [1.807, 2.05) is 25.1 Å². The summed E-state index contributed by atoms with van der Waals surface area (Å²) in [6.07, 6.45) is 0.410. The molecule has 3 nitrogen and oxygen atoms in total. The minimum atomic E-state index is -0.450. The Hall–Kier alpha value is -0.430. The Morgan fingerprint density at radius 2 is 2.28 bits per heavy atom. The van der Waals surface area contributed by atoms with E-state index in [0.29, 0.717) is 0 Å². The second-order valence-electron chi connectivity index (χ2n) is 3.80. The van der Waals surface area contributed by atoms with E-state index in [9.17, 15) is 5.11 Å². The molecule has 0 amide bonds. The lowest BCUT2D eigenvalue weighted by Gasteiger charge is -2.07. The molecule has 1 aromatic carbocycles. The van der Waals surface area contributed by atoms with Crippen molar-refractivity contribution in [2.45, 2.75) is 35.6 Å². The van der Waals surface area contributed by atoms with Crippen molar-refractivity contribution in [3.05, 3.63) is 34.1 Å². The number of aliphatic hydroxyl groups excluding tert-OH is 1. The number of nitrogens with zero attached hydrogens (tertiary/aromatic N) is 2. The molecule has 96 valence electrons. The zero-order valence-corrected chi connectivity index (χ0v) is 13.3. The minimum Gasteiger partial charge on any atom is -0.389 e. The van der Waals surface area contributed by atoms with Gasteiger partial charge in [-0.3, -0.25) is 0 Å². The quantitative estimate of drug-likeness (QED) is 0.907. The van der Waals surface area contributed by atoms with Crippen LogP contribution in [-0.4, -0.2) is 14.5 Å². The zero-order valence-electron chi connectivity index (χ0n) is 10.1. The number of aliphatic hydroxyl groups is 1. The Bertz CT molecular complexity index is 543. The number of hydrogen-bond donors (Lipinski definition) is 1. The van der Waals surface area contributed by atoms with E-state index in [1.54, 1.807) is 18.7 Å². The summed E-state index contributed by atoms with van der Waals surface area (Å²) in [7, 11) is 0. The molecule has 18 heavy (non-hydrogen) atoms. The number of halogens is 1. The highest BCUT2D eigenvalue weighted by molar-refractivity contribution is 9.10. The molecule has 0 spiro atoms. The Labute approximate surface area is 123 Å². The predicted molar refractivity (Wildman–Crippen MR) is 78.2 cm³/mol. The first-order valence-corrected chi connectivity index (χ1v) is 7.96. The zero-order chi connectivity index (χ0) is 13.1. The van der Waals surface area contributed by atoms with Crippen LogP contribution in [0.2, 0.25) is 0 Å². The standard InChI is InChI=1S/C12H13BrN2OS2/c1-3-11-14-12(18-15-11)17-10-5-4-8(7(2)16)6-9(10)13/h4-7,16H,3H2,1-2H3/t7-/m1/s1. The third-order valence-corrected chi connectivity index (χ3v) is 5.18. The average Bonchev–Trinajstić information content (AvgIpc) is 2.79. The number of aryl methyl sites for hydroxylation is 1. The van der Waals surface area contributed by atoms with Gasteiger partial charge < -0.3 is 5.11 Å². The fraction of sp³-hybridized carbons (Fsp3) is 0.333. The lowest BCUT2D eigenvalue weighted by molar-refractivity contribution is 0.199. The van der Waals surface area contributed by atoms with Crippen molar-refractivity contribution in [1.29, 1.82) is 0 Å². The molecular weight excluding hydrogens is 332 g/mol. The van der Waals surface area contributed by atoms with Gasteiger partial charge in [-0.1, -0.05) is 24.8 Å². The van der Waals surface area contributed by atoms with Gasteiger partial charge in [-0.2, -0.15) is 4.37 Å². The van der Waals surface area contributed by atoms with E-state index in [4.69, 9.17) is 0 Å². The van der Waals surface area contributed by atoms with Crippen LogP contribution in [0.15, 0.2) is 31.9 Å². The summed E-state index contributed by atoms with van der Waals surface area (Å²) >= 11 is 6.53. The highest BCUT2D eigenvalue weighted by atomic mass is 79.9. The van der Waals surface area contributed by atoms with Crippen LogP contribution in [0.1, 0.15) is 31.3 Å². The summed E-state index contributed by atoms with van der Waals surface area (Å²) < 4.78 is 6.17. The van der Waals surface area contributed by atoms with Crippen molar-refractivity contribution < 1.29 is 5.11 Å². The van der Waals surface area contributed by atoms with Crippen molar-refractivity contribution in [1.82, 2.24) is 9.36 Å². The molecule has 2 rings (SSSR count). The lowest BCUT2D eigenvalue weighted by atomic mass is 10.1. The Morgan fingerprint density at radius 3 is 2.83 bits per heavy atom. The number of aromatic nitrogens is 2. The van der Waals surface area contributed by atoms with E-state index in [-0.39, 0.29) is 0 Å². The Balaban J connectivity index is 2.19. The molecule has 0 unspecified atom stereocenters. The van der Waals surface area contributed by atoms with E-state index in [0.717, 1.165) is 31.5 Å². The Kier molecular flexibility index (Phi) is 4.77. The van der Waals surface area contributed by atoms with Crippen molar-refractivity contribution >= 4 is 39.2 Å². The highest BCUT2D eigenvalue weighted by Gasteiger charge is 2.09. The molecule has 1 aromatic heterocycles. The van der Waals surface area contributed by atoms with Gasteiger partial charge in [0.15, 0.2) is 4.34 Å². The molecule has 0 aliphatic rings. The van der Waals surface area contributed by atoms with Crippen LogP contribution in [0.5, 0.6) is 0 Å². The molecule has 0 saturated carbocycles. The maximum atomic E-state index is 9.52. The van der Waals surface area contributed by atoms with Crippen LogP contribution in [0.4, 0.5) is 0 Å². The highest BCUT2D eigenvalue weighted by Crippen LogP contribution is 2.35. The van der Waals surface area contributed by atoms with Gasteiger partial charge in [0, 0.05) is 15.8 Å². The topological polar surface area (TPSA) is 46.0 Å². The first kappa shape index (κ1) is 14.0. The van der Waals surface area contributed by atoms with Gasteiger partial charge in [-0.25, -0.2) is 4.98 Å². The minimum absolute atomic E-state index is 0.450. The maximum Gasteiger partial charge on any atom is 0.174 e. The number of benzene rings is 1. The van der Waals surface area contributed by atoms with Crippen LogP contribution in [0, 0.1) is 0 Å². The normalized spacial score (nSPS) is 12.7. The number of hydrogen-bond acceptors (Lipinski definition) is 5. The molecule has 0 aliphatic heterocycles. The lowest BCUT2D eigenvalue weighted by Crippen LogP contribution is -1.90. The SMILES string of the molecule is CCc1nsc(Sc2ccc([C@@H](C)O)cc2Br)n1. The number of rotatable bonds is 4. The van der Waals surface area contributed by atoms with Crippen LogP contribution in [0.25, 0.3) is 0 Å². The van der Waals surface area contributed by atoms with Gasteiger partial charge in [-0.05, 0) is 52.1 Å². The second kappa shape index (κ2) is 6.14. The molecule has 0 fully saturated rings. The van der Waals surface area contributed by atoms with E-state index < -0.39 is 6.10 Å². The summed E-state index contributed by atoms with van der Waals surface area (Å²) in [5, 5.41) is 9.52. The largest absolute Gasteiger partial charge is 0.389 e. The summed E-state index contributed by atoms with van der Waals surface area (Å²) in [5.74, 6) is 0.888. The molecule has 2 aromatic rings. The van der Waals surface area contributed by atoms with E-state index in [1.165, 1.54) is 11.5 Å². The summed E-state index contributed by atoms with van der Waals surface area (Å²) in [4.78, 5) is 5.50. The van der Waals surface area contributed by atoms with Gasteiger partial charge in [0.1, 0.15) is 5.82 Å². The average molecular weight is 345 g/mol. The summed E-state index contributed by atoms with van der Waals surface area (Å²) in [6, 6.07) is 5.86. The van der Waals surface area contributed by atoms with Crippen molar-refractivity contribution in [2.24, 2.45) is 0 Å². The second-order valence-corrected chi connectivity index (χ2v) is 6.69. The van der Waals surface area contributed by atoms with E-state index in [2.05, 4.69) is 25.3 Å². The molecule has 6 heteroatoms. The van der Waals surface area contributed by atoms with Gasteiger partial charge >= 0.3 is 0 Å². The third kappa shape index (κ3) is 3.32. The van der Waals surface area contributed by atoms with Crippen LogP contribution in [-0.2, 0) is 6.42 Å². The van der Waals surface area contributed by atoms with Gasteiger partial charge in [-0.15, -0.1) is 0 Å². The molecule has 0 radical (unpaired) electrons. The molecule has 1 N–H and O–H groups in total. The smallest absolute Gasteiger partial charge is 0.174 e. The van der Waals surface area contributed by atoms with Crippen LogP contribution in [0.3, 0.4) is 0 Å². The molecule has 1 heterocycles. The molecule has 0 aliphatic carbocycles. The summed E-state index contributed by atoms with van der Waals surface area (Å²) in [5.41, 5.74) is 0.901. The van der Waals surface area contributed by atoms with Crippen molar-refractivity contribution in [3.63, 3.8) is 0 Å². The maximum absolute atomic E-state index is 9.52. The van der Waals surface area contributed by atoms with Crippen molar-refractivity contribution in [2.75, 3.05) is 0 Å². The fourth-order valence-electron chi connectivity index (χ4n) is 1.38. The molecule has 1 atom stereocenters. The van der Waals surface area contributed by atoms with Gasteiger partial charge in [0.2, 0.25) is 0 Å². The van der Waals surface area contributed by atoms with Crippen molar-refractivity contribution in [3.8, 4) is 0 Å². The Morgan fingerprint density at radius 1 is 1.50 bits per heavy atom. The summed E-state index contributed by atoms with van der Waals surface area (Å²) in [6.45, 7) is 3.80. The first-order valence-electron chi connectivity index (χ1n) is 5.58. The van der Waals surface area contributed by atoms with Crippen LogP contribution < -0.4 is 0 Å². The van der Waals surface area contributed by atoms with Gasteiger partial charge in [0.05, 0.1) is 6.10 Å². The van der Waals surface area contributed by atoms with Crippen LogP contribution >= 0.6 is 39.2 Å².